The Morgan fingerprint density at radius 1 is 0.352 bits per heavy atom. The minimum Gasteiger partial charge on any atom is -0.244 e. The van der Waals surface area contributed by atoms with Gasteiger partial charge in [-0.15, -0.1) is 0 Å². The molecule has 0 aliphatic heterocycles. The van der Waals surface area contributed by atoms with Gasteiger partial charge in [0.2, 0.25) is 0 Å². The summed E-state index contributed by atoms with van der Waals surface area (Å²) in [4.78, 5) is 10.6. The van der Waals surface area contributed by atoms with Crippen molar-refractivity contribution in [2.24, 2.45) is 0 Å². The van der Waals surface area contributed by atoms with Gasteiger partial charge in [0.15, 0.2) is 0 Å². The average Bonchev–Trinajstić information content (AvgIpc) is 3.56. The Morgan fingerprint density at radius 3 is 1.20 bits per heavy atom. The van der Waals surface area contributed by atoms with Crippen LogP contribution in [0.1, 0.15) is 72.2 Å². The maximum absolute atomic E-state index is 5.29. The first-order valence-electron chi connectivity index (χ1n) is 19.2. The van der Waals surface area contributed by atoms with Crippen molar-refractivity contribution >= 4 is 11.0 Å². The Labute approximate surface area is 318 Å². The zero-order chi connectivity index (χ0) is 36.6. The third kappa shape index (κ3) is 5.23. The number of fused-ring (bicyclic) bond motifs is 7. The highest BCUT2D eigenvalue weighted by atomic mass is 14.8. The van der Waals surface area contributed by atoms with Gasteiger partial charge in [-0.1, -0.05) is 161 Å². The Hall–Kier alpha value is -6.12. The van der Waals surface area contributed by atoms with Crippen LogP contribution in [0, 0.1) is 0 Å². The molecule has 0 radical (unpaired) electrons. The molecule has 0 amide bonds. The van der Waals surface area contributed by atoms with Crippen molar-refractivity contribution in [1.29, 1.82) is 0 Å². The predicted octanol–water partition coefficient (Wildman–Crippen LogP) is 12.8. The van der Waals surface area contributed by atoms with E-state index >= 15 is 0 Å². The smallest absolute Gasteiger partial charge is 0.0973 e. The van der Waals surface area contributed by atoms with Gasteiger partial charge >= 0.3 is 0 Å². The van der Waals surface area contributed by atoms with Crippen LogP contribution in [0.15, 0.2) is 158 Å². The van der Waals surface area contributed by atoms with Crippen LogP contribution in [-0.2, 0) is 23.7 Å². The second kappa shape index (κ2) is 12.2. The molecule has 2 heteroatoms. The molecule has 0 unspecified atom stereocenters. The van der Waals surface area contributed by atoms with Gasteiger partial charge in [0.1, 0.15) is 0 Å². The molecular weight excluding hydrogens is 653 g/mol. The molecule has 0 N–H and O–H groups in total. The van der Waals surface area contributed by atoms with Crippen molar-refractivity contribution in [3.05, 3.63) is 202 Å². The number of benzene rings is 7. The molecule has 0 saturated heterocycles. The van der Waals surface area contributed by atoms with Gasteiger partial charge in [-0.25, -0.2) is 9.97 Å². The lowest BCUT2D eigenvalue weighted by Gasteiger charge is -2.22. The summed E-state index contributed by atoms with van der Waals surface area (Å²) in [5.74, 6) is 0. The maximum Gasteiger partial charge on any atom is 0.0973 e. The van der Waals surface area contributed by atoms with Gasteiger partial charge < -0.3 is 0 Å². The van der Waals surface area contributed by atoms with Crippen LogP contribution >= 0.6 is 0 Å². The molecule has 0 atom stereocenters. The number of aromatic nitrogens is 2. The van der Waals surface area contributed by atoms with E-state index < -0.39 is 0 Å². The maximum atomic E-state index is 5.29. The normalized spacial score (nSPS) is 14.4. The van der Waals surface area contributed by atoms with E-state index in [1.807, 2.05) is 12.1 Å². The van der Waals surface area contributed by atoms with Gasteiger partial charge in [0, 0.05) is 22.0 Å². The summed E-state index contributed by atoms with van der Waals surface area (Å²) in [5.41, 5.74) is 22.0. The predicted molar refractivity (Wildman–Crippen MR) is 224 cm³/mol. The lowest BCUT2D eigenvalue weighted by molar-refractivity contribution is 0.659. The van der Waals surface area contributed by atoms with Gasteiger partial charge in [-0.05, 0) is 104 Å². The van der Waals surface area contributed by atoms with Crippen LogP contribution in [0.25, 0.3) is 55.8 Å². The van der Waals surface area contributed by atoms with E-state index in [4.69, 9.17) is 9.97 Å². The summed E-state index contributed by atoms with van der Waals surface area (Å²) >= 11 is 0. The fourth-order valence-corrected chi connectivity index (χ4v) is 9.25. The van der Waals surface area contributed by atoms with Crippen LogP contribution in [0.4, 0.5) is 0 Å². The van der Waals surface area contributed by atoms with Gasteiger partial charge in [0.25, 0.3) is 0 Å². The molecule has 260 valence electrons. The summed E-state index contributed by atoms with van der Waals surface area (Å²) in [6.07, 6.45) is 1.70. The number of rotatable bonds is 6. The van der Waals surface area contributed by atoms with Crippen molar-refractivity contribution in [3.8, 4) is 44.8 Å². The molecule has 7 aromatic carbocycles. The van der Waals surface area contributed by atoms with Crippen LogP contribution in [-0.4, -0.2) is 9.97 Å². The third-order valence-electron chi connectivity index (χ3n) is 12.1. The van der Waals surface area contributed by atoms with E-state index in [1.54, 1.807) is 0 Å². The summed E-state index contributed by atoms with van der Waals surface area (Å²) in [7, 11) is 0. The van der Waals surface area contributed by atoms with E-state index in [2.05, 4.69) is 173 Å². The molecule has 10 rings (SSSR count). The second-order valence-electron chi connectivity index (χ2n) is 16.3. The number of nitrogens with zero attached hydrogens (tertiary/aromatic N) is 2. The average molecular weight is 695 g/mol. The van der Waals surface area contributed by atoms with Crippen LogP contribution in [0.3, 0.4) is 0 Å². The quantitative estimate of drug-likeness (QED) is 0.173. The third-order valence-corrected chi connectivity index (χ3v) is 12.1. The minimum atomic E-state index is -0.0170. The van der Waals surface area contributed by atoms with Crippen LogP contribution in [0.5, 0.6) is 0 Å². The summed E-state index contributed by atoms with van der Waals surface area (Å²) in [5, 5.41) is 0. The van der Waals surface area contributed by atoms with Gasteiger partial charge in [-0.3, -0.25) is 0 Å². The van der Waals surface area contributed by atoms with E-state index in [9.17, 15) is 0 Å². The summed E-state index contributed by atoms with van der Waals surface area (Å²) < 4.78 is 0. The largest absolute Gasteiger partial charge is 0.244 e. The Kier molecular flexibility index (Phi) is 7.36. The highest BCUT2D eigenvalue weighted by Gasteiger charge is 2.36. The summed E-state index contributed by atoms with van der Waals surface area (Å²) in [6.45, 7) is 9.40. The molecule has 0 bridgehead atoms. The molecule has 1 heterocycles. The van der Waals surface area contributed by atoms with Crippen molar-refractivity contribution in [2.75, 3.05) is 0 Å². The van der Waals surface area contributed by atoms with E-state index in [0.29, 0.717) is 0 Å². The number of hydrogen-bond donors (Lipinski definition) is 0. The molecule has 54 heavy (non-hydrogen) atoms. The molecule has 8 aromatic rings. The zero-order valence-electron chi connectivity index (χ0n) is 31.3. The fourth-order valence-electron chi connectivity index (χ4n) is 9.25. The fraction of sp³-hybridized carbons (Fsp3) is 0.154. The van der Waals surface area contributed by atoms with Crippen molar-refractivity contribution < 1.29 is 0 Å². The minimum absolute atomic E-state index is 0.0170. The Balaban J connectivity index is 0.992. The second-order valence-corrected chi connectivity index (χ2v) is 16.3. The van der Waals surface area contributed by atoms with Crippen molar-refractivity contribution in [1.82, 2.24) is 9.97 Å². The Morgan fingerprint density at radius 2 is 0.741 bits per heavy atom. The van der Waals surface area contributed by atoms with E-state index in [0.717, 1.165) is 46.4 Å². The van der Waals surface area contributed by atoms with Crippen LogP contribution < -0.4 is 0 Å². The van der Waals surface area contributed by atoms with Gasteiger partial charge in [0.05, 0.1) is 22.4 Å². The molecular formula is C52H42N2. The Bertz CT molecular complexity index is 2590. The van der Waals surface area contributed by atoms with Crippen molar-refractivity contribution in [3.63, 3.8) is 0 Å². The van der Waals surface area contributed by atoms with E-state index in [-0.39, 0.29) is 10.8 Å². The van der Waals surface area contributed by atoms with E-state index in [1.165, 1.54) is 66.8 Å². The lowest BCUT2D eigenvalue weighted by atomic mass is 9.81. The monoisotopic (exact) mass is 694 g/mol. The van der Waals surface area contributed by atoms with Gasteiger partial charge in [-0.2, -0.15) is 0 Å². The zero-order valence-corrected chi connectivity index (χ0v) is 31.3. The van der Waals surface area contributed by atoms with Crippen LogP contribution in [0.2, 0.25) is 0 Å². The molecule has 2 aliphatic carbocycles. The molecule has 2 aliphatic rings. The molecule has 0 fully saturated rings. The number of hydrogen-bond acceptors (Lipinski definition) is 2. The van der Waals surface area contributed by atoms with Crippen molar-refractivity contribution in [2.45, 2.75) is 51.4 Å². The first kappa shape index (κ1) is 32.5. The lowest BCUT2D eigenvalue weighted by Crippen LogP contribution is -2.15. The first-order valence-corrected chi connectivity index (χ1v) is 19.2. The number of para-hydroxylation sites is 2. The molecule has 1 aromatic heterocycles. The first-order chi connectivity index (χ1) is 26.2. The highest BCUT2D eigenvalue weighted by molar-refractivity contribution is 5.87. The summed E-state index contributed by atoms with van der Waals surface area (Å²) in [6, 6.07) is 57.8. The molecule has 0 saturated carbocycles. The standard InChI is InChI=1S/C52H42N2/c1-51(2)43-19-7-5-17-39(43)41-25-23-35(31-45(41)51)27-33-13-11-15-37(29-33)49-50(54-48-22-10-9-21-47(48)53-49)38-16-12-14-34(30-38)28-36-24-26-42-40-18-6-8-20-44(40)52(3,4)46(42)32-36/h5-26,29-32H,27-28H2,1-4H3. The molecule has 0 spiro atoms. The highest BCUT2D eigenvalue weighted by Crippen LogP contribution is 2.50. The SMILES string of the molecule is CC1(C)c2ccccc2-c2ccc(Cc3cccc(-c4nc5ccccc5nc4-c4cccc(Cc5ccc6c(c5)C(C)(C)c5ccccc5-6)c4)c3)cc21. The topological polar surface area (TPSA) is 25.8 Å². The molecule has 2 nitrogen and oxygen atoms in total.